The number of aromatic nitrogens is 2. The van der Waals surface area contributed by atoms with Crippen LogP contribution in [0.4, 0.5) is 0 Å². The van der Waals surface area contributed by atoms with Gasteiger partial charge in [0.2, 0.25) is 0 Å². The summed E-state index contributed by atoms with van der Waals surface area (Å²) in [5, 5.41) is 4.40. The Morgan fingerprint density at radius 2 is 2.19 bits per heavy atom. The molecule has 1 heterocycles. The zero-order chi connectivity index (χ0) is 12.5. The van der Waals surface area contributed by atoms with E-state index in [-0.39, 0.29) is 11.2 Å². The van der Waals surface area contributed by atoms with Gasteiger partial charge in [-0.25, -0.2) is 0 Å². The van der Waals surface area contributed by atoms with Crippen molar-refractivity contribution in [2.24, 2.45) is 11.1 Å². The maximum Gasteiger partial charge on any atom is 0.199 e. The number of halogens is 1. The third kappa shape index (κ3) is 2.44. The molecule has 0 aliphatic carbocycles. The molecule has 5 heteroatoms. The molecule has 0 radical (unpaired) electrons. The average Bonchev–Trinajstić information content (AvgIpc) is 2.56. The lowest BCUT2D eigenvalue weighted by Crippen LogP contribution is -2.43. The molecule has 0 spiro atoms. The molecule has 0 bridgehead atoms. The first-order chi connectivity index (χ1) is 7.29. The van der Waals surface area contributed by atoms with Crippen molar-refractivity contribution in [2.45, 2.75) is 40.3 Å². The molecule has 0 aromatic carbocycles. The van der Waals surface area contributed by atoms with Gasteiger partial charge in [-0.1, -0.05) is 32.4 Å². The Balaban J connectivity index is 3.09. The lowest BCUT2D eigenvalue weighted by Gasteiger charge is -2.25. The number of carbonyl (C=O) groups excluding carboxylic acids is 1. The van der Waals surface area contributed by atoms with Crippen molar-refractivity contribution in [1.82, 2.24) is 9.78 Å². The van der Waals surface area contributed by atoms with Gasteiger partial charge in [-0.2, -0.15) is 5.10 Å². The van der Waals surface area contributed by atoms with E-state index >= 15 is 0 Å². The van der Waals surface area contributed by atoms with Crippen molar-refractivity contribution in [3.8, 4) is 0 Å². The number of nitrogens with two attached hydrogens (primary N) is 1. The Hall–Kier alpha value is -0.870. The predicted molar refractivity (Wildman–Crippen MR) is 64.7 cm³/mol. The molecular weight excluding hydrogens is 226 g/mol. The second-order valence-electron chi connectivity index (χ2n) is 4.86. The number of carbonyl (C=O) groups is 1. The molecule has 0 amide bonds. The Morgan fingerprint density at radius 1 is 1.62 bits per heavy atom. The van der Waals surface area contributed by atoms with Crippen molar-refractivity contribution in [2.75, 3.05) is 0 Å². The van der Waals surface area contributed by atoms with Crippen molar-refractivity contribution >= 4 is 17.4 Å². The van der Waals surface area contributed by atoms with Crippen molar-refractivity contribution in [3.63, 3.8) is 0 Å². The molecule has 1 unspecified atom stereocenters. The quantitative estimate of drug-likeness (QED) is 0.828. The first-order valence-electron chi connectivity index (χ1n) is 5.30. The topological polar surface area (TPSA) is 60.9 Å². The summed E-state index contributed by atoms with van der Waals surface area (Å²) < 4.78 is 1.58. The van der Waals surface area contributed by atoms with E-state index in [1.54, 1.807) is 4.68 Å². The van der Waals surface area contributed by atoms with Crippen LogP contribution in [0.15, 0.2) is 6.20 Å². The largest absolute Gasteiger partial charge is 0.321 e. The minimum Gasteiger partial charge on any atom is -0.321 e. The van der Waals surface area contributed by atoms with E-state index in [4.69, 9.17) is 17.3 Å². The van der Waals surface area contributed by atoms with E-state index in [1.807, 2.05) is 27.7 Å². The van der Waals surface area contributed by atoms with Gasteiger partial charge < -0.3 is 5.73 Å². The second-order valence-corrected chi connectivity index (χ2v) is 5.27. The lowest BCUT2D eigenvalue weighted by molar-refractivity contribution is 0.0890. The van der Waals surface area contributed by atoms with Gasteiger partial charge in [0, 0.05) is 6.54 Å². The fourth-order valence-corrected chi connectivity index (χ4v) is 1.62. The molecule has 1 aromatic heterocycles. The highest BCUT2D eigenvalue weighted by atomic mass is 35.5. The fraction of sp³-hybridized carbons (Fsp3) is 0.636. The first-order valence-corrected chi connectivity index (χ1v) is 5.68. The van der Waals surface area contributed by atoms with E-state index in [2.05, 4.69) is 5.10 Å². The van der Waals surface area contributed by atoms with Crippen LogP contribution in [-0.4, -0.2) is 21.6 Å². The highest BCUT2D eigenvalue weighted by Crippen LogP contribution is 2.24. The SMILES string of the molecule is CCn1ncc(Cl)c1C(=O)C(N)C(C)(C)C. The predicted octanol–water partition coefficient (Wildman–Crippen LogP) is 2.11. The molecule has 0 aliphatic heterocycles. The Bertz CT molecular complexity index is 392. The highest BCUT2D eigenvalue weighted by molar-refractivity contribution is 6.33. The monoisotopic (exact) mass is 243 g/mol. The fourth-order valence-electron chi connectivity index (χ4n) is 1.39. The molecular formula is C11H18ClN3O. The molecule has 2 N–H and O–H groups in total. The molecule has 16 heavy (non-hydrogen) atoms. The number of rotatable bonds is 3. The highest BCUT2D eigenvalue weighted by Gasteiger charge is 2.31. The zero-order valence-electron chi connectivity index (χ0n) is 10.1. The third-order valence-electron chi connectivity index (χ3n) is 2.54. The molecule has 0 fully saturated rings. The Kier molecular flexibility index (Phi) is 3.76. The van der Waals surface area contributed by atoms with Crippen LogP contribution >= 0.6 is 11.6 Å². The van der Waals surface area contributed by atoms with Gasteiger partial charge in [-0.15, -0.1) is 0 Å². The molecule has 90 valence electrons. The summed E-state index contributed by atoms with van der Waals surface area (Å²) in [5.41, 5.74) is 6.05. The van der Waals surface area contributed by atoms with Crippen LogP contribution in [0.5, 0.6) is 0 Å². The number of ketones is 1. The molecule has 1 atom stereocenters. The standard InChI is InChI=1S/C11H18ClN3O/c1-5-15-8(7(12)6-14-15)9(16)10(13)11(2,3)4/h6,10H,5,13H2,1-4H3. The van der Waals surface area contributed by atoms with Gasteiger partial charge in [0.1, 0.15) is 5.69 Å². The van der Waals surface area contributed by atoms with Crippen LogP contribution in [0.2, 0.25) is 5.02 Å². The minimum atomic E-state index is -0.577. The van der Waals surface area contributed by atoms with Crippen molar-refractivity contribution < 1.29 is 4.79 Å². The maximum atomic E-state index is 12.2. The zero-order valence-corrected chi connectivity index (χ0v) is 10.9. The van der Waals surface area contributed by atoms with Gasteiger partial charge in [0.05, 0.1) is 17.3 Å². The summed E-state index contributed by atoms with van der Waals surface area (Å²) in [4.78, 5) is 12.2. The molecule has 0 saturated heterocycles. The number of aryl methyl sites for hydroxylation is 1. The van der Waals surface area contributed by atoms with E-state index in [0.29, 0.717) is 17.3 Å². The first kappa shape index (κ1) is 13.2. The van der Waals surface area contributed by atoms with Gasteiger partial charge in [0.25, 0.3) is 0 Å². The van der Waals surface area contributed by atoms with Gasteiger partial charge >= 0.3 is 0 Å². The Labute approximate surface area is 101 Å². The van der Waals surface area contributed by atoms with Crippen LogP contribution < -0.4 is 5.73 Å². The van der Waals surface area contributed by atoms with Crippen molar-refractivity contribution in [3.05, 3.63) is 16.9 Å². The van der Waals surface area contributed by atoms with Crippen LogP contribution in [0, 0.1) is 5.41 Å². The van der Waals surface area contributed by atoms with E-state index in [0.717, 1.165) is 0 Å². The van der Waals surface area contributed by atoms with Crippen LogP contribution in [0.3, 0.4) is 0 Å². The minimum absolute atomic E-state index is 0.156. The summed E-state index contributed by atoms with van der Waals surface area (Å²) >= 11 is 5.95. The average molecular weight is 244 g/mol. The number of Topliss-reactive ketones (excluding diaryl/α,β-unsaturated/α-hetero) is 1. The lowest BCUT2D eigenvalue weighted by atomic mass is 9.84. The second kappa shape index (κ2) is 4.55. The molecule has 4 nitrogen and oxygen atoms in total. The van der Waals surface area contributed by atoms with E-state index < -0.39 is 6.04 Å². The van der Waals surface area contributed by atoms with Crippen LogP contribution in [0.25, 0.3) is 0 Å². The van der Waals surface area contributed by atoms with Crippen LogP contribution in [-0.2, 0) is 6.54 Å². The van der Waals surface area contributed by atoms with Gasteiger partial charge in [-0.3, -0.25) is 9.48 Å². The summed E-state index contributed by atoms with van der Waals surface area (Å²) in [7, 11) is 0. The smallest absolute Gasteiger partial charge is 0.199 e. The normalized spacial score (nSPS) is 13.9. The summed E-state index contributed by atoms with van der Waals surface area (Å²) in [6, 6.07) is -0.577. The number of hydrogen-bond donors (Lipinski definition) is 1. The molecule has 0 aliphatic rings. The molecule has 1 aromatic rings. The van der Waals surface area contributed by atoms with Gasteiger partial charge in [-0.05, 0) is 12.3 Å². The Morgan fingerprint density at radius 3 is 2.62 bits per heavy atom. The summed E-state index contributed by atoms with van der Waals surface area (Å²) in [5.74, 6) is -0.156. The summed E-state index contributed by atoms with van der Waals surface area (Å²) in [6.45, 7) is 8.29. The van der Waals surface area contributed by atoms with E-state index in [9.17, 15) is 4.79 Å². The van der Waals surface area contributed by atoms with E-state index in [1.165, 1.54) is 6.20 Å². The number of hydrogen-bond acceptors (Lipinski definition) is 3. The number of nitrogens with zero attached hydrogens (tertiary/aromatic N) is 2. The third-order valence-corrected chi connectivity index (χ3v) is 2.82. The van der Waals surface area contributed by atoms with Crippen molar-refractivity contribution in [1.29, 1.82) is 0 Å². The molecule has 1 rings (SSSR count). The maximum absolute atomic E-state index is 12.2. The van der Waals surface area contributed by atoms with Crippen LogP contribution in [0.1, 0.15) is 38.2 Å². The van der Waals surface area contributed by atoms with Gasteiger partial charge in [0.15, 0.2) is 5.78 Å². The summed E-state index contributed by atoms with van der Waals surface area (Å²) in [6.07, 6.45) is 1.48. The molecule has 0 saturated carbocycles.